The molecule has 1 aliphatic heterocycles. The first kappa shape index (κ1) is 15.5. The van der Waals surface area contributed by atoms with Crippen LogP contribution in [0, 0.1) is 5.92 Å². The molecule has 1 fully saturated rings. The molecule has 114 valence electrons. The predicted molar refractivity (Wildman–Crippen MR) is 81.9 cm³/mol. The normalized spacial score (nSPS) is 20.4. The largest absolute Gasteiger partial charge is 0.381 e. The Labute approximate surface area is 122 Å². The standard InChI is InChI=1S/C16H29N3O/c1-4-7-17-15(9-13-6-8-20-12-13)11-16-10-14(5-2)18-19(16)3/h10,13,15,17H,4-9,11-12H2,1-3H3. The summed E-state index contributed by atoms with van der Waals surface area (Å²) in [5, 5.41) is 8.26. The van der Waals surface area contributed by atoms with Crippen LogP contribution in [-0.4, -0.2) is 35.6 Å². The molecular formula is C16H29N3O. The van der Waals surface area contributed by atoms with E-state index in [1.165, 1.54) is 30.7 Å². The first-order valence-electron chi connectivity index (χ1n) is 8.05. The van der Waals surface area contributed by atoms with Gasteiger partial charge in [0.05, 0.1) is 5.69 Å². The van der Waals surface area contributed by atoms with Gasteiger partial charge in [-0.2, -0.15) is 5.10 Å². The topological polar surface area (TPSA) is 39.1 Å². The second-order valence-electron chi connectivity index (χ2n) is 5.92. The minimum Gasteiger partial charge on any atom is -0.381 e. The number of hydrogen-bond donors (Lipinski definition) is 1. The van der Waals surface area contributed by atoms with Crippen molar-refractivity contribution < 1.29 is 4.74 Å². The Morgan fingerprint density at radius 1 is 1.50 bits per heavy atom. The van der Waals surface area contributed by atoms with Gasteiger partial charge in [-0.25, -0.2) is 0 Å². The van der Waals surface area contributed by atoms with Gasteiger partial charge in [-0.1, -0.05) is 13.8 Å². The van der Waals surface area contributed by atoms with Gasteiger partial charge >= 0.3 is 0 Å². The van der Waals surface area contributed by atoms with Crippen molar-refractivity contribution in [2.24, 2.45) is 13.0 Å². The molecule has 2 rings (SSSR count). The van der Waals surface area contributed by atoms with E-state index in [4.69, 9.17) is 4.74 Å². The minimum absolute atomic E-state index is 0.543. The van der Waals surface area contributed by atoms with Gasteiger partial charge < -0.3 is 10.1 Å². The molecule has 2 atom stereocenters. The Morgan fingerprint density at radius 3 is 2.95 bits per heavy atom. The van der Waals surface area contributed by atoms with Crippen molar-refractivity contribution in [3.8, 4) is 0 Å². The Bertz CT molecular complexity index is 396. The summed E-state index contributed by atoms with van der Waals surface area (Å²) < 4.78 is 7.56. The van der Waals surface area contributed by atoms with Crippen molar-refractivity contribution in [3.05, 3.63) is 17.5 Å². The molecule has 0 aromatic carbocycles. The lowest BCUT2D eigenvalue weighted by molar-refractivity contribution is 0.181. The monoisotopic (exact) mass is 279 g/mol. The zero-order valence-corrected chi connectivity index (χ0v) is 13.2. The molecule has 0 spiro atoms. The zero-order chi connectivity index (χ0) is 14.4. The van der Waals surface area contributed by atoms with Crippen LogP contribution < -0.4 is 5.32 Å². The highest BCUT2D eigenvalue weighted by atomic mass is 16.5. The lowest BCUT2D eigenvalue weighted by atomic mass is 9.96. The average Bonchev–Trinajstić information content (AvgIpc) is 3.06. The van der Waals surface area contributed by atoms with Gasteiger partial charge in [0.15, 0.2) is 0 Å². The summed E-state index contributed by atoms with van der Waals surface area (Å²) in [6, 6.07) is 2.80. The van der Waals surface area contributed by atoms with Gasteiger partial charge in [-0.05, 0) is 44.2 Å². The second-order valence-corrected chi connectivity index (χ2v) is 5.92. The first-order chi connectivity index (χ1) is 9.72. The SMILES string of the molecule is CCCNC(Cc1cc(CC)nn1C)CC1CCOC1. The zero-order valence-electron chi connectivity index (χ0n) is 13.2. The van der Waals surface area contributed by atoms with E-state index in [0.717, 1.165) is 38.5 Å². The molecule has 2 heterocycles. The molecular weight excluding hydrogens is 250 g/mol. The quantitative estimate of drug-likeness (QED) is 0.794. The number of aromatic nitrogens is 2. The number of rotatable bonds is 8. The molecule has 1 saturated heterocycles. The Hall–Kier alpha value is -0.870. The maximum atomic E-state index is 5.51. The number of nitrogens with zero attached hydrogens (tertiary/aromatic N) is 2. The van der Waals surface area contributed by atoms with Gasteiger partial charge in [0.1, 0.15) is 0 Å². The molecule has 0 amide bonds. The van der Waals surface area contributed by atoms with E-state index in [2.05, 4.69) is 37.4 Å². The van der Waals surface area contributed by atoms with Crippen molar-refractivity contribution in [2.75, 3.05) is 19.8 Å². The van der Waals surface area contributed by atoms with Gasteiger partial charge in [0, 0.05) is 38.4 Å². The van der Waals surface area contributed by atoms with E-state index < -0.39 is 0 Å². The van der Waals surface area contributed by atoms with Gasteiger partial charge in [-0.15, -0.1) is 0 Å². The first-order valence-corrected chi connectivity index (χ1v) is 8.05. The number of ether oxygens (including phenoxy) is 1. The molecule has 4 heteroatoms. The van der Waals surface area contributed by atoms with E-state index in [1.54, 1.807) is 0 Å². The van der Waals surface area contributed by atoms with Crippen LogP contribution >= 0.6 is 0 Å². The van der Waals surface area contributed by atoms with Crippen LogP contribution in [0.5, 0.6) is 0 Å². The smallest absolute Gasteiger partial charge is 0.0624 e. The third kappa shape index (κ3) is 4.32. The average molecular weight is 279 g/mol. The summed E-state index contributed by atoms with van der Waals surface area (Å²) in [6.07, 6.45) is 5.70. The minimum atomic E-state index is 0.543. The summed E-state index contributed by atoms with van der Waals surface area (Å²) in [5.74, 6) is 0.725. The summed E-state index contributed by atoms with van der Waals surface area (Å²) in [5.41, 5.74) is 2.54. The van der Waals surface area contributed by atoms with E-state index >= 15 is 0 Å². The molecule has 1 aliphatic rings. The van der Waals surface area contributed by atoms with Crippen molar-refractivity contribution in [3.63, 3.8) is 0 Å². The van der Waals surface area contributed by atoms with Crippen LogP contribution in [0.25, 0.3) is 0 Å². The summed E-state index contributed by atoms with van der Waals surface area (Å²) >= 11 is 0. The molecule has 1 aromatic heterocycles. The van der Waals surface area contributed by atoms with Crippen molar-refractivity contribution in [1.82, 2.24) is 15.1 Å². The summed E-state index contributed by atoms with van der Waals surface area (Å²) in [4.78, 5) is 0. The van der Waals surface area contributed by atoms with Crippen LogP contribution in [0.4, 0.5) is 0 Å². The van der Waals surface area contributed by atoms with E-state index in [1.807, 2.05) is 4.68 Å². The highest BCUT2D eigenvalue weighted by Gasteiger charge is 2.21. The molecule has 4 nitrogen and oxygen atoms in total. The fourth-order valence-corrected chi connectivity index (χ4v) is 2.95. The Balaban J connectivity index is 1.95. The maximum Gasteiger partial charge on any atom is 0.0624 e. The molecule has 0 saturated carbocycles. The third-order valence-electron chi connectivity index (χ3n) is 4.17. The number of aryl methyl sites for hydroxylation is 2. The van der Waals surface area contributed by atoms with E-state index in [9.17, 15) is 0 Å². The van der Waals surface area contributed by atoms with Crippen LogP contribution in [0.15, 0.2) is 6.07 Å². The lowest BCUT2D eigenvalue weighted by Crippen LogP contribution is -2.34. The van der Waals surface area contributed by atoms with E-state index in [-0.39, 0.29) is 0 Å². The fourth-order valence-electron chi connectivity index (χ4n) is 2.95. The molecule has 2 unspecified atom stereocenters. The highest BCUT2D eigenvalue weighted by Crippen LogP contribution is 2.20. The lowest BCUT2D eigenvalue weighted by Gasteiger charge is -2.21. The summed E-state index contributed by atoms with van der Waals surface area (Å²) in [7, 11) is 2.06. The fraction of sp³-hybridized carbons (Fsp3) is 0.812. The molecule has 0 radical (unpaired) electrons. The van der Waals surface area contributed by atoms with Crippen LogP contribution in [-0.2, 0) is 24.6 Å². The maximum absolute atomic E-state index is 5.51. The van der Waals surface area contributed by atoms with Crippen molar-refractivity contribution in [1.29, 1.82) is 0 Å². The molecule has 1 aromatic rings. The van der Waals surface area contributed by atoms with Crippen molar-refractivity contribution in [2.45, 2.75) is 52.0 Å². The van der Waals surface area contributed by atoms with Crippen LogP contribution in [0.3, 0.4) is 0 Å². The molecule has 0 aliphatic carbocycles. The van der Waals surface area contributed by atoms with Gasteiger partial charge in [0.25, 0.3) is 0 Å². The molecule has 0 bridgehead atoms. The number of nitrogens with one attached hydrogen (secondary N) is 1. The predicted octanol–water partition coefficient (Wildman–Crippen LogP) is 2.32. The summed E-state index contributed by atoms with van der Waals surface area (Å²) in [6.45, 7) is 7.36. The third-order valence-corrected chi connectivity index (χ3v) is 4.17. The van der Waals surface area contributed by atoms with Gasteiger partial charge in [0.2, 0.25) is 0 Å². The Kier molecular flexibility index (Phi) is 6.05. The highest BCUT2D eigenvalue weighted by molar-refractivity contribution is 5.11. The Morgan fingerprint density at radius 2 is 2.35 bits per heavy atom. The second kappa shape index (κ2) is 7.79. The van der Waals surface area contributed by atoms with Gasteiger partial charge in [-0.3, -0.25) is 4.68 Å². The van der Waals surface area contributed by atoms with Crippen molar-refractivity contribution >= 4 is 0 Å². The van der Waals surface area contributed by atoms with E-state index in [0.29, 0.717) is 6.04 Å². The number of hydrogen-bond acceptors (Lipinski definition) is 3. The molecule has 20 heavy (non-hydrogen) atoms. The molecule has 1 N–H and O–H groups in total. The van der Waals surface area contributed by atoms with Crippen LogP contribution in [0.1, 0.15) is 44.5 Å². The van der Waals surface area contributed by atoms with Crippen LogP contribution in [0.2, 0.25) is 0 Å².